The Labute approximate surface area is 132 Å². The zero-order valence-electron chi connectivity index (χ0n) is 13.4. The Balaban J connectivity index is 1.72. The molecule has 1 aromatic carbocycles. The van der Waals surface area contributed by atoms with E-state index >= 15 is 0 Å². The highest BCUT2D eigenvalue weighted by Gasteiger charge is 2.26. The first-order valence-corrected chi connectivity index (χ1v) is 7.96. The van der Waals surface area contributed by atoms with Gasteiger partial charge in [-0.15, -0.1) is 0 Å². The zero-order valence-corrected chi connectivity index (χ0v) is 13.4. The summed E-state index contributed by atoms with van der Waals surface area (Å²) in [5, 5.41) is 3.49. The lowest BCUT2D eigenvalue weighted by atomic mass is 10.0. The average molecular weight is 300 g/mol. The normalized spacial score (nSPS) is 17.9. The van der Waals surface area contributed by atoms with Crippen LogP contribution in [0.3, 0.4) is 0 Å². The van der Waals surface area contributed by atoms with Crippen LogP contribution in [0.15, 0.2) is 29.3 Å². The summed E-state index contributed by atoms with van der Waals surface area (Å²) < 4.78 is 0. The summed E-state index contributed by atoms with van der Waals surface area (Å²) in [5.74, 6) is 0.916. The number of likely N-dealkylation sites (N-methyl/N-ethyl adjacent to an activating group) is 1. The summed E-state index contributed by atoms with van der Waals surface area (Å²) in [4.78, 5) is 20.2. The van der Waals surface area contributed by atoms with Crippen molar-refractivity contribution in [1.29, 1.82) is 0 Å². The Hall–Kier alpha value is -2.04. The Kier molecular flexibility index (Phi) is 4.32. The topological polar surface area (TPSA) is 47.9 Å². The van der Waals surface area contributed by atoms with E-state index < -0.39 is 0 Å². The van der Waals surface area contributed by atoms with Crippen molar-refractivity contribution in [3.63, 3.8) is 0 Å². The van der Waals surface area contributed by atoms with Gasteiger partial charge in [0.15, 0.2) is 5.96 Å². The van der Waals surface area contributed by atoms with E-state index in [9.17, 15) is 4.79 Å². The first-order chi connectivity index (χ1) is 10.6. The number of rotatable bonds is 3. The number of benzene rings is 1. The second kappa shape index (κ2) is 6.38. The number of hydrogen-bond donors (Lipinski definition) is 1. The third-order valence-electron chi connectivity index (χ3n) is 4.20. The van der Waals surface area contributed by atoms with Gasteiger partial charge in [0, 0.05) is 33.2 Å². The maximum absolute atomic E-state index is 11.8. The highest BCUT2D eigenvalue weighted by atomic mass is 16.2. The molecule has 1 fully saturated rings. The van der Waals surface area contributed by atoms with E-state index in [1.807, 2.05) is 0 Å². The van der Waals surface area contributed by atoms with Gasteiger partial charge in [-0.1, -0.05) is 24.3 Å². The van der Waals surface area contributed by atoms with Gasteiger partial charge in [-0.2, -0.15) is 0 Å². The average Bonchev–Trinajstić information content (AvgIpc) is 3.34. The van der Waals surface area contributed by atoms with Crippen LogP contribution in [0.25, 0.3) is 0 Å². The van der Waals surface area contributed by atoms with Crippen molar-refractivity contribution >= 4 is 11.9 Å². The van der Waals surface area contributed by atoms with Gasteiger partial charge in [0.2, 0.25) is 5.91 Å². The van der Waals surface area contributed by atoms with Gasteiger partial charge < -0.3 is 15.1 Å². The van der Waals surface area contributed by atoms with Crippen molar-refractivity contribution in [1.82, 2.24) is 15.1 Å². The minimum atomic E-state index is 0.0347. The molecule has 22 heavy (non-hydrogen) atoms. The molecule has 0 radical (unpaired) electrons. The molecule has 2 aliphatic rings. The predicted octanol–water partition coefficient (Wildman–Crippen LogP) is 1.24. The van der Waals surface area contributed by atoms with Crippen LogP contribution < -0.4 is 5.32 Å². The number of amides is 1. The molecule has 1 aliphatic carbocycles. The van der Waals surface area contributed by atoms with Gasteiger partial charge in [0.1, 0.15) is 6.54 Å². The van der Waals surface area contributed by atoms with Gasteiger partial charge in [0.05, 0.1) is 0 Å². The van der Waals surface area contributed by atoms with Crippen LogP contribution in [0.5, 0.6) is 0 Å². The summed E-state index contributed by atoms with van der Waals surface area (Å²) >= 11 is 0. The number of hydrogen-bond acceptors (Lipinski definition) is 2. The molecular weight excluding hydrogens is 276 g/mol. The van der Waals surface area contributed by atoms with Gasteiger partial charge in [0.25, 0.3) is 0 Å². The van der Waals surface area contributed by atoms with Gasteiger partial charge in [-0.3, -0.25) is 4.79 Å². The molecule has 1 aromatic rings. The molecule has 5 nitrogen and oxygen atoms in total. The number of carbonyl (C=O) groups excluding carboxylic acids is 1. The number of nitrogens with zero attached hydrogens (tertiary/aromatic N) is 3. The molecule has 0 aromatic heterocycles. The lowest BCUT2D eigenvalue weighted by Crippen LogP contribution is -2.45. The summed E-state index contributed by atoms with van der Waals surface area (Å²) in [6.07, 6.45) is 3.43. The predicted molar refractivity (Wildman–Crippen MR) is 87.7 cm³/mol. The standard InChI is InChI=1S/C17H24N4O/c1-20(2)16(22)11-18-17(19-15-7-8-15)21-10-9-13-5-3-4-6-14(13)12-21/h3-6,15H,7-12H2,1-2H3,(H,18,19). The Morgan fingerprint density at radius 1 is 1.32 bits per heavy atom. The van der Waals surface area contributed by atoms with Crippen LogP contribution in [0, 0.1) is 0 Å². The number of aliphatic imine (C=N–C) groups is 1. The SMILES string of the molecule is CN(C)C(=O)CN=C(NC1CC1)N1CCc2ccccc2C1. The fraction of sp³-hybridized carbons (Fsp3) is 0.529. The molecule has 118 valence electrons. The van der Waals surface area contributed by atoms with E-state index in [2.05, 4.69) is 39.5 Å². The highest BCUT2D eigenvalue weighted by molar-refractivity contribution is 5.85. The summed E-state index contributed by atoms with van der Waals surface area (Å²) in [7, 11) is 3.53. The van der Waals surface area contributed by atoms with Gasteiger partial charge in [-0.05, 0) is 30.4 Å². The monoisotopic (exact) mass is 300 g/mol. The van der Waals surface area contributed by atoms with Crippen molar-refractivity contribution in [2.75, 3.05) is 27.2 Å². The molecule has 1 heterocycles. The number of carbonyl (C=O) groups is 1. The van der Waals surface area contributed by atoms with Crippen LogP contribution in [-0.4, -0.2) is 54.9 Å². The molecule has 0 atom stereocenters. The summed E-state index contributed by atoms with van der Waals surface area (Å²) in [6, 6.07) is 9.10. The fourth-order valence-corrected chi connectivity index (χ4v) is 2.61. The molecule has 1 amide bonds. The molecule has 5 heteroatoms. The second-order valence-electron chi connectivity index (χ2n) is 6.29. The van der Waals surface area contributed by atoms with Crippen molar-refractivity contribution in [2.45, 2.75) is 31.8 Å². The Morgan fingerprint density at radius 2 is 2.05 bits per heavy atom. The van der Waals surface area contributed by atoms with Crippen LogP contribution in [0.1, 0.15) is 24.0 Å². The third-order valence-corrected chi connectivity index (χ3v) is 4.20. The third kappa shape index (κ3) is 3.59. The van der Waals surface area contributed by atoms with Crippen molar-refractivity contribution < 1.29 is 4.79 Å². The zero-order chi connectivity index (χ0) is 15.5. The lowest BCUT2D eigenvalue weighted by molar-refractivity contribution is -0.127. The van der Waals surface area contributed by atoms with E-state index in [-0.39, 0.29) is 12.5 Å². The van der Waals surface area contributed by atoms with E-state index in [0.717, 1.165) is 25.5 Å². The van der Waals surface area contributed by atoms with Crippen molar-refractivity contribution in [2.24, 2.45) is 4.99 Å². The van der Waals surface area contributed by atoms with Crippen LogP contribution in [0.4, 0.5) is 0 Å². The smallest absolute Gasteiger partial charge is 0.243 e. The number of fused-ring (bicyclic) bond motifs is 1. The fourth-order valence-electron chi connectivity index (χ4n) is 2.61. The molecule has 0 unspecified atom stereocenters. The first kappa shape index (κ1) is 14.9. The van der Waals surface area contributed by atoms with Crippen LogP contribution in [-0.2, 0) is 17.8 Å². The van der Waals surface area contributed by atoms with Gasteiger partial charge >= 0.3 is 0 Å². The molecule has 0 bridgehead atoms. The first-order valence-electron chi connectivity index (χ1n) is 7.96. The Morgan fingerprint density at radius 3 is 2.73 bits per heavy atom. The number of nitrogens with one attached hydrogen (secondary N) is 1. The van der Waals surface area contributed by atoms with E-state index in [1.54, 1.807) is 19.0 Å². The minimum absolute atomic E-state index is 0.0347. The summed E-state index contributed by atoms with van der Waals surface area (Å²) in [6.45, 7) is 2.02. The second-order valence-corrected chi connectivity index (χ2v) is 6.29. The largest absolute Gasteiger partial charge is 0.353 e. The Bertz CT molecular complexity index is 578. The maximum Gasteiger partial charge on any atom is 0.243 e. The molecule has 0 spiro atoms. The lowest BCUT2D eigenvalue weighted by Gasteiger charge is -2.32. The molecular formula is C17H24N4O. The summed E-state index contributed by atoms with van der Waals surface area (Å²) in [5.41, 5.74) is 2.78. The van der Waals surface area contributed by atoms with E-state index in [0.29, 0.717) is 6.04 Å². The van der Waals surface area contributed by atoms with E-state index in [4.69, 9.17) is 0 Å². The minimum Gasteiger partial charge on any atom is -0.353 e. The van der Waals surface area contributed by atoms with Crippen molar-refractivity contribution in [3.05, 3.63) is 35.4 Å². The maximum atomic E-state index is 11.8. The quantitative estimate of drug-likeness (QED) is 0.675. The molecule has 3 rings (SSSR count). The van der Waals surface area contributed by atoms with Crippen LogP contribution in [0.2, 0.25) is 0 Å². The van der Waals surface area contributed by atoms with E-state index in [1.165, 1.54) is 24.0 Å². The molecule has 1 N–H and O–H groups in total. The van der Waals surface area contributed by atoms with Crippen LogP contribution >= 0.6 is 0 Å². The number of guanidine groups is 1. The van der Waals surface area contributed by atoms with Crippen molar-refractivity contribution in [3.8, 4) is 0 Å². The highest BCUT2D eigenvalue weighted by Crippen LogP contribution is 2.22. The molecule has 1 aliphatic heterocycles. The molecule has 1 saturated carbocycles. The van der Waals surface area contributed by atoms with Gasteiger partial charge in [-0.25, -0.2) is 4.99 Å². The molecule has 0 saturated heterocycles.